The van der Waals surface area contributed by atoms with Gasteiger partial charge in [-0.3, -0.25) is 0 Å². The van der Waals surface area contributed by atoms with Crippen LogP contribution in [0, 0.1) is 17.7 Å². The summed E-state index contributed by atoms with van der Waals surface area (Å²) in [5.74, 6) is -1.26. The fourth-order valence-corrected chi connectivity index (χ4v) is 1.27. The van der Waals surface area contributed by atoms with Crippen LogP contribution in [0.2, 0.25) is 0 Å². The molecule has 1 nitrogen and oxygen atoms in total. The van der Waals surface area contributed by atoms with Crippen LogP contribution < -0.4 is 4.74 Å². The predicted molar refractivity (Wildman–Crippen MR) is 64.9 cm³/mol. The van der Waals surface area contributed by atoms with E-state index >= 15 is 0 Å². The second-order valence-corrected chi connectivity index (χ2v) is 3.28. The number of hydrogen-bond acceptors (Lipinski definition) is 1. The molecule has 5 heteroatoms. The van der Waals surface area contributed by atoms with E-state index in [2.05, 4.69) is 19.7 Å². The quantitative estimate of drug-likeness (QED) is 0.586. The first-order valence-electron chi connectivity index (χ1n) is 5.05. The van der Waals surface area contributed by atoms with E-state index in [9.17, 15) is 8.78 Å². The van der Waals surface area contributed by atoms with Crippen LogP contribution in [0.5, 0.6) is 5.75 Å². The monoisotopic (exact) mass is 362 g/mol. The van der Waals surface area contributed by atoms with E-state index in [-0.39, 0.29) is 12.4 Å². The Balaban J connectivity index is 0.000000771. The molecule has 0 bridgehead atoms. The Labute approximate surface area is 121 Å². The van der Waals surface area contributed by atoms with E-state index in [1.807, 2.05) is 12.1 Å². The molecule has 0 aliphatic heterocycles. The molecule has 0 radical (unpaired) electrons. The summed E-state index contributed by atoms with van der Waals surface area (Å²) < 4.78 is 31.0. The molecule has 0 heterocycles. The molecular formula is C13H9BrF2OZn. The van der Waals surface area contributed by atoms with Gasteiger partial charge in [-0.2, -0.15) is 30.3 Å². The Kier molecular flexibility index (Phi) is 7.06. The van der Waals surface area contributed by atoms with Gasteiger partial charge in [0.2, 0.25) is 0 Å². The zero-order valence-electron chi connectivity index (χ0n) is 9.50. The third-order valence-electron chi connectivity index (χ3n) is 2.06. The molecule has 0 spiro atoms. The summed E-state index contributed by atoms with van der Waals surface area (Å²) >= 11 is 4.25. The average Bonchev–Trinajstić information content (AvgIpc) is 2.41. The Morgan fingerprint density at radius 1 is 1.22 bits per heavy atom. The molecule has 18 heavy (non-hydrogen) atoms. The summed E-state index contributed by atoms with van der Waals surface area (Å²) in [6.45, 7) is 0.236. The molecule has 0 aliphatic rings. The first-order chi connectivity index (χ1) is 8.75. The molecule has 0 atom stereocenters. The summed E-state index contributed by atoms with van der Waals surface area (Å²) in [5.41, 5.74) is 0.881. The second kappa shape index (κ2) is 8.33. The van der Waals surface area contributed by atoms with Crippen LogP contribution >= 0.6 is 13.6 Å². The van der Waals surface area contributed by atoms with Crippen molar-refractivity contribution in [3.05, 3.63) is 65.7 Å². The van der Waals surface area contributed by atoms with Crippen LogP contribution in [0.15, 0.2) is 42.5 Å². The Hall–Kier alpha value is -0.797. The van der Waals surface area contributed by atoms with Crippen molar-refractivity contribution in [2.75, 3.05) is 0 Å². The maximum atomic E-state index is 13.2. The number of ether oxygens (including phenoxy) is 1. The molecule has 0 N–H and O–H groups in total. The fraction of sp³-hybridized carbons (Fsp3) is 0.0769. The molecule has 0 aromatic heterocycles. The first kappa shape index (κ1) is 15.3. The van der Waals surface area contributed by atoms with E-state index < -0.39 is 11.6 Å². The van der Waals surface area contributed by atoms with Gasteiger partial charge < -0.3 is 4.74 Å². The predicted octanol–water partition coefficient (Wildman–Crippen LogP) is 4.19. The van der Waals surface area contributed by atoms with Crippen LogP contribution in [0.1, 0.15) is 5.56 Å². The molecule has 0 saturated heterocycles. The number of rotatable bonds is 3. The normalized spacial score (nSPS) is 9.39. The van der Waals surface area contributed by atoms with Gasteiger partial charge in [-0.15, -0.1) is 5.56 Å². The summed E-state index contributed by atoms with van der Waals surface area (Å²) in [6, 6.07) is 13.3. The molecule has 0 saturated carbocycles. The number of halogens is 3. The van der Waals surface area contributed by atoms with Crippen LogP contribution in [-0.4, -0.2) is 0 Å². The summed E-state index contributed by atoms with van der Waals surface area (Å²) in [5, 5.41) is 0. The van der Waals surface area contributed by atoms with Crippen molar-refractivity contribution < 1.29 is 29.9 Å². The van der Waals surface area contributed by atoms with Gasteiger partial charge in [-0.05, 0) is 12.1 Å². The first-order valence-corrected chi connectivity index (χ1v) is 12.0. The third kappa shape index (κ3) is 4.83. The van der Waals surface area contributed by atoms with Gasteiger partial charge in [-0.25, -0.2) is 8.78 Å². The summed E-state index contributed by atoms with van der Waals surface area (Å²) in [7, 11) is 0. The standard InChI is InChI=1S/C13H9F2O.BrH.Zn/c14-11-6-7-13(12(15)8-11)16-9-10-4-2-1-3-5-10;;/h1-2,4-8H,9H2;1H;/q-1;;+2/p-1. The minimum atomic E-state index is -0.695. The molecule has 2 rings (SSSR count). The SMILES string of the molecule is Fc1ccc(OCc2c[c-]ccc2)c(F)c1.[Zn+][Br]. The van der Waals surface area contributed by atoms with Crippen molar-refractivity contribution in [1.29, 1.82) is 0 Å². The van der Waals surface area contributed by atoms with Gasteiger partial charge in [0, 0.05) is 6.07 Å². The van der Waals surface area contributed by atoms with Gasteiger partial charge in [0.15, 0.2) is 11.6 Å². The molecule has 90 valence electrons. The average molecular weight is 365 g/mol. The van der Waals surface area contributed by atoms with Crippen LogP contribution in [0.25, 0.3) is 0 Å². The zero-order valence-corrected chi connectivity index (χ0v) is 14.1. The summed E-state index contributed by atoms with van der Waals surface area (Å²) in [4.78, 5) is 0. The van der Waals surface area contributed by atoms with Gasteiger partial charge in [-0.1, -0.05) is 0 Å². The topological polar surface area (TPSA) is 9.23 Å². The summed E-state index contributed by atoms with van der Waals surface area (Å²) in [6.07, 6.45) is 0. The van der Waals surface area contributed by atoms with E-state index in [4.69, 9.17) is 4.74 Å². The van der Waals surface area contributed by atoms with Crippen molar-refractivity contribution >= 4 is 13.6 Å². The minimum absolute atomic E-state index is 0.0465. The Bertz CT molecular complexity index is 480. The van der Waals surface area contributed by atoms with Gasteiger partial charge in [0.25, 0.3) is 0 Å². The number of hydrogen-bond donors (Lipinski definition) is 0. The van der Waals surface area contributed by atoms with Crippen LogP contribution in [0.4, 0.5) is 8.78 Å². The van der Waals surface area contributed by atoms with E-state index in [0.29, 0.717) is 0 Å². The molecular weight excluding hydrogens is 355 g/mol. The molecule has 0 fully saturated rings. The van der Waals surface area contributed by atoms with Crippen LogP contribution in [-0.2, 0) is 22.9 Å². The maximum absolute atomic E-state index is 13.2. The van der Waals surface area contributed by atoms with Crippen molar-refractivity contribution in [3.63, 3.8) is 0 Å². The van der Waals surface area contributed by atoms with E-state index in [1.54, 1.807) is 12.1 Å². The Morgan fingerprint density at radius 3 is 2.61 bits per heavy atom. The van der Waals surface area contributed by atoms with E-state index in [1.165, 1.54) is 22.4 Å². The van der Waals surface area contributed by atoms with Crippen molar-refractivity contribution in [2.45, 2.75) is 6.61 Å². The molecule has 2 aromatic rings. The van der Waals surface area contributed by atoms with Crippen molar-refractivity contribution in [1.82, 2.24) is 0 Å². The molecule has 0 unspecified atom stereocenters. The number of benzene rings is 2. The van der Waals surface area contributed by atoms with E-state index in [0.717, 1.165) is 17.7 Å². The zero-order chi connectivity index (χ0) is 13.4. The van der Waals surface area contributed by atoms with Gasteiger partial charge in [0.1, 0.15) is 5.82 Å². The molecule has 0 amide bonds. The van der Waals surface area contributed by atoms with Crippen LogP contribution in [0.3, 0.4) is 0 Å². The molecule has 2 aromatic carbocycles. The van der Waals surface area contributed by atoms with Crippen molar-refractivity contribution in [2.24, 2.45) is 0 Å². The third-order valence-corrected chi connectivity index (χ3v) is 2.06. The Morgan fingerprint density at radius 2 is 2.00 bits per heavy atom. The second-order valence-electron chi connectivity index (χ2n) is 3.28. The van der Waals surface area contributed by atoms with Crippen molar-refractivity contribution in [3.8, 4) is 5.75 Å². The van der Waals surface area contributed by atoms with Gasteiger partial charge in [0.05, 0.1) is 6.61 Å². The fourth-order valence-electron chi connectivity index (χ4n) is 1.27. The van der Waals surface area contributed by atoms with Gasteiger partial charge >= 0.3 is 30.0 Å². The molecule has 0 aliphatic carbocycles.